The molecule has 112 valence electrons. The maximum absolute atomic E-state index is 11.9. The summed E-state index contributed by atoms with van der Waals surface area (Å²) >= 11 is 1.03. The number of benzene rings is 1. The Morgan fingerprint density at radius 2 is 2.10 bits per heavy atom. The Morgan fingerprint density at radius 1 is 1.33 bits per heavy atom. The molecule has 0 saturated heterocycles. The monoisotopic (exact) mass is 309 g/mol. The summed E-state index contributed by atoms with van der Waals surface area (Å²) in [4.78, 5) is 22.4. The van der Waals surface area contributed by atoms with Gasteiger partial charge >= 0.3 is 10.8 Å². The molecule has 1 aromatic heterocycles. The van der Waals surface area contributed by atoms with Crippen molar-refractivity contribution in [1.82, 2.24) is 4.57 Å². The van der Waals surface area contributed by atoms with Crippen LogP contribution >= 0.6 is 11.3 Å². The zero-order valence-corrected chi connectivity index (χ0v) is 12.5. The lowest BCUT2D eigenvalue weighted by atomic mass is 10.1. The van der Waals surface area contributed by atoms with Crippen LogP contribution in [0, 0.1) is 0 Å². The first-order valence-electron chi connectivity index (χ1n) is 6.19. The van der Waals surface area contributed by atoms with E-state index in [1.807, 2.05) is 0 Å². The molecular formula is C14H15NO5S. The van der Waals surface area contributed by atoms with Crippen molar-refractivity contribution in [3.05, 3.63) is 33.2 Å². The summed E-state index contributed by atoms with van der Waals surface area (Å²) in [7, 11) is 3.09. The highest BCUT2D eigenvalue weighted by Crippen LogP contribution is 2.33. The maximum Gasteiger partial charge on any atom is 0.307 e. The fourth-order valence-electron chi connectivity index (χ4n) is 1.97. The van der Waals surface area contributed by atoms with Gasteiger partial charge in [-0.05, 0) is 12.1 Å². The Hall–Kier alpha value is -2.28. The number of ether oxygens (including phenoxy) is 2. The summed E-state index contributed by atoms with van der Waals surface area (Å²) in [5.41, 5.74) is 1.37. The number of carboxylic acids is 1. The van der Waals surface area contributed by atoms with Gasteiger partial charge in [-0.1, -0.05) is 11.3 Å². The number of carboxylic acid groups (broad SMARTS) is 1. The summed E-state index contributed by atoms with van der Waals surface area (Å²) in [5, 5.41) is 10.5. The molecule has 0 aliphatic rings. The SMILES string of the molecule is COc1ccc(-c2csc(=O)n2CCC(=O)O)c(OC)c1. The van der Waals surface area contributed by atoms with Crippen LogP contribution in [0.3, 0.4) is 0 Å². The molecule has 2 rings (SSSR count). The molecule has 1 aromatic carbocycles. The van der Waals surface area contributed by atoms with Gasteiger partial charge in [-0.3, -0.25) is 14.2 Å². The second-order valence-electron chi connectivity index (χ2n) is 4.25. The van der Waals surface area contributed by atoms with Crippen LogP contribution in [0.5, 0.6) is 11.5 Å². The van der Waals surface area contributed by atoms with E-state index in [-0.39, 0.29) is 17.8 Å². The molecule has 0 saturated carbocycles. The second kappa shape index (κ2) is 6.45. The average molecular weight is 309 g/mol. The largest absolute Gasteiger partial charge is 0.497 e. The van der Waals surface area contributed by atoms with E-state index in [9.17, 15) is 9.59 Å². The molecule has 7 heteroatoms. The third-order valence-electron chi connectivity index (χ3n) is 3.02. The van der Waals surface area contributed by atoms with E-state index in [0.717, 1.165) is 16.9 Å². The van der Waals surface area contributed by atoms with Gasteiger partial charge in [0, 0.05) is 23.6 Å². The predicted octanol–water partition coefficient (Wildman–Crippen LogP) is 2.07. The smallest absolute Gasteiger partial charge is 0.307 e. The first-order valence-corrected chi connectivity index (χ1v) is 7.07. The Labute approximate surface area is 125 Å². The molecule has 0 atom stereocenters. The van der Waals surface area contributed by atoms with E-state index in [2.05, 4.69) is 0 Å². The van der Waals surface area contributed by atoms with Gasteiger partial charge in [0.2, 0.25) is 0 Å². The first-order chi connectivity index (χ1) is 10.1. The van der Waals surface area contributed by atoms with Gasteiger partial charge in [-0.25, -0.2) is 0 Å². The van der Waals surface area contributed by atoms with Gasteiger partial charge in [0.05, 0.1) is 26.3 Å². The number of carbonyl (C=O) groups is 1. The highest BCUT2D eigenvalue weighted by Gasteiger charge is 2.15. The summed E-state index contributed by atoms with van der Waals surface area (Å²) in [5.74, 6) is 0.266. The van der Waals surface area contributed by atoms with E-state index in [1.165, 1.54) is 11.7 Å². The van der Waals surface area contributed by atoms with Crippen molar-refractivity contribution in [3.8, 4) is 22.8 Å². The molecule has 0 aliphatic carbocycles. The molecule has 0 radical (unpaired) electrons. The highest BCUT2D eigenvalue weighted by molar-refractivity contribution is 7.07. The number of nitrogens with zero attached hydrogens (tertiary/aromatic N) is 1. The number of methoxy groups -OCH3 is 2. The quantitative estimate of drug-likeness (QED) is 0.884. The van der Waals surface area contributed by atoms with Crippen LogP contribution in [-0.2, 0) is 11.3 Å². The minimum Gasteiger partial charge on any atom is -0.497 e. The van der Waals surface area contributed by atoms with Crippen LogP contribution in [0.15, 0.2) is 28.4 Å². The normalized spacial score (nSPS) is 10.4. The average Bonchev–Trinajstić information content (AvgIpc) is 2.85. The fourth-order valence-corrected chi connectivity index (χ4v) is 2.75. The molecule has 1 N–H and O–H groups in total. The Kier molecular flexibility index (Phi) is 4.64. The van der Waals surface area contributed by atoms with Crippen molar-refractivity contribution in [3.63, 3.8) is 0 Å². The summed E-state index contributed by atoms with van der Waals surface area (Å²) < 4.78 is 11.9. The van der Waals surface area contributed by atoms with E-state index in [0.29, 0.717) is 17.2 Å². The fraction of sp³-hybridized carbons (Fsp3) is 0.286. The highest BCUT2D eigenvalue weighted by atomic mass is 32.1. The van der Waals surface area contributed by atoms with Crippen molar-refractivity contribution >= 4 is 17.3 Å². The van der Waals surface area contributed by atoms with Gasteiger partial charge < -0.3 is 14.6 Å². The Bertz CT molecular complexity index is 704. The zero-order valence-electron chi connectivity index (χ0n) is 11.7. The molecule has 0 amide bonds. The van der Waals surface area contributed by atoms with Gasteiger partial charge in [0.25, 0.3) is 0 Å². The molecule has 1 heterocycles. The van der Waals surface area contributed by atoms with E-state index in [1.54, 1.807) is 30.7 Å². The molecular weight excluding hydrogens is 294 g/mol. The van der Waals surface area contributed by atoms with E-state index < -0.39 is 5.97 Å². The number of aromatic nitrogens is 1. The standard InChI is InChI=1S/C14H15NO5S/c1-19-9-3-4-10(12(7-9)20-2)11-8-21-14(18)15(11)6-5-13(16)17/h3-4,7-8H,5-6H2,1-2H3,(H,16,17). The predicted molar refractivity (Wildman–Crippen MR) is 79.4 cm³/mol. The van der Waals surface area contributed by atoms with Gasteiger partial charge in [-0.2, -0.15) is 0 Å². The summed E-state index contributed by atoms with van der Waals surface area (Å²) in [6.07, 6.45) is -0.109. The van der Waals surface area contributed by atoms with Crippen LogP contribution in [0.2, 0.25) is 0 Å². The minimum absolute atomic E-state index is 0.109. The number of hydrogen-bond donors (Lipinski definition) is 1. The topological polar surface area (TPSA) is 77.8 Å². The molecule has 0 aliphatic heterocycles. The molecule has 0 spiro atoms. The Balaban J connectivity index is 2.47. The van der Waals surface area contributed by atoms with Crippen molar-refractivity contribution < 1.29 is 19.4 Å². The third kappa shape index (κ3) is 3.25. The number of thiazole rings is 1. The van der Waals surface area contributed by atoms with Crippen LogP contribution in [-0.4, -0.2) is 29.9 Å². The van der Waals surface area contributed by atoms with Crippen LogP contribution in [0.4, 0.5) is 0 Å². The van der Waals surface area contributed by atoms with Gasteiger partial charge in [-0.15, -0.1) is 0 Å². The summed E-state index contributed by atoms with van der Waals surface area (Å²) in [6, 6.07) is 5.27. The molecule has 0 fully saturated rings. The van der Waals surface area contributed by atoms with E-state index >= 15 is 0 Å². The number of rotatable bonds is 6. The van der Waals surface area contributed by atoms with Crippen molar-refractivity contribution in [2.45, 2.75) is 13.0 Å². The lowest BCUT2D eigenvalue weighted by molar-refractivity contribution is -0.137. The minimum atomic E-state index is -0.944. The first kappa shape index (κ1) is 15.1. The van der Waals surface area contributed by atoms with Crippen molar-refractivity contribution in [2.24, 2.45) is 0 Å². The second-order valence-corrected chi connectivity index (χ2v) is 5.07. The van der Waals surface area contributed by atoms with Crippen LogP contribution < -0.4 is 14.3 Å². The van der Waals surface area contributed by atoms with Crippen molar-refractivity contribution in [2.75, 3.05) is 14.2 Å². The molecule has 0 unspecified atom stereocenters. The number of aliphatic carboxylic acids is 1. The van der Waals surface area contributed by atoms with Gasteiger partial charge in [0.1, 0.15) is 11.5 Å². The summed E-state index contributed by atoms with van der Waals surface area (Å²) in [6.45, 7) is 0.127. The lowest BCUT2D eigenvalue weighted by Gasteiger charge is -2.12. The van der Waals surface area contributed by atoms with E-state index in [4.69, 9.17) is 14.6 Å². The maximum atomic E-state index is 11.9. The zero-order chi connectivity index (χ0) is 15.4. The lowest BCUT2D eigenvalue weighted by Crippen LogP contribution is -2.16. The number of hydrogen-bond acceptors (Lipinski definition) is 5. The third-order valence-corrected chi connectivity index (χ3v) is 3.78. The van der Waals surface area contributed by atoms with Crippen LogP contribution in [0.1, 0.15) is 6.42 Å². The molecule has 6 nitrogen and oxygen atoms in total. The molecule has 21 heavy (non-hydrogen) atoms. The molecule has 2 aromatic rings. The molecule has 0 bridgehead atoms. The Morgan fingerprint density at radius 3 is 2.71 bits per heavy atom. The van der Waals surface area contributed by atoms with Gasteiger partial charge in [0.15, 0.2) is 0 Å². The van der Waals surface area contributed by atoms with Crippen LogP contribution in [0.25, 0.3) is 11.3 Å². The van der Waals surface area contributed by atoms with Crippen molar-refractivity contribution in [1.29, 1.82) is 0 Å².